The number of amides is 1. The van der Waals surface area contributed by atoms with Gasteiger partial charge >= 0.3 is 0 Å². The van der Waals surface area contributed by atoms with E-state index in [1.807, 2.05) is 0 Å². The van der Waals surface area contributed by atoms with Crippen molar-refractivity contribution in [3.8, 4) is 11.5 Å². The van der Waals surface area contributed by atoms with Crippen molar-refractivity contribution in [1.29, 1.82) is 0 Å². The van der Waals surface area contributed by atoms with E-state index < -0.39 is 0 Å². The first kappa shape index (κ1) is 15.1. The molecule has 7 heteroatoms. The van der Waals surface area contributed by atoms with Gasteiger partial charge in [0.25, 0.3) is 11.9 Å². The van der Waals surface area contributed by atoms with E-state index in [1.54, 1.807) is 25.3 Å². The van der Waals surface area contributed by atoms with Gasteiger partial charge in [-0.2, -0.15) is 0 Å². The topological polar surface area (TPSA) is 78.4 Å². The Hall–Kier alpha value is -2.28. The maximum absolute atomic E-state index is 12.1. The molecule has 0 radical (unpaired) electrons. The Morgan fingerprint density at radius 1 is 1.33 bits per heavy atom. The number of aliphatic imine (C=N–C) groups is 1. The van der Waals surface area contributed by atoms with Gasteiger partial charge in [-0.25, -0.2) is 4.99 Å². The molecule has 7 nitrogen and oxygen atoms in total. The molecule has 1 amide bonds. The molecule has 1 aromatic rings. The smallest absolute Gasteiger partial charge is 0.291 e. The molecule has 114 valence electrons. The lowest BCUT2D eigenvalue weighted by Crippen LogP contribution is -2.32. The summed E-state index contributed by atoms with van der Waals surface area (Å²) in [7, 11) is 3.08. The second-order valence-electron chi connectivity index (χ2n) is 4.26. The van der Waals surface area contributed by atoms with Crippen molar-refractivity contribution < 1.29 is 23.7 Å². The van der Waals surface area contributed by atoms with E-state index in [-0.39, 0.29) is 18.7 Å². The SMILES string of the molecule is COCCCN=C(NC(=O)c1ccc2c(c1)OCO2)OC. The lowest BCUT2D eigenvalue weighted by atomic mass is 10.2. The summed E-state index contributed by atoms with van der Waals surface area (Å²) in [4.78, 5) is 16.3. The van der Waals surface area contributed by atoms with Crippen LogP contribution >= 0.6 is 0 Å². The van der Waals surface area contributed by atoms with E-state index in [1.165, 1.54) is 7.11 Å². The Bertz CT molecular complexity index is 530. The van der Waals surface area contributed by atoms with Crippen molar-refractivity contribution in [1.82, 2.24) is 5.32 Å². The first-order valence-corrected chi connectivity index (χ1v) is 6.53. The van der Waals surface area contributed by atoms with Crippen LogP contribution in [0, 0.1) is 0 Å². The molecule has 1 N–H and O–H groups in total. The van der Waals surface area contributed by atoms with Gasteiger partial charge in [-0.15, -0.1) is 0 Å². The fourth-order valence-electron chi connectivity index (χ4n) is 1.75. The Morgan fingerprint density at radius 2 is 2.14 bits per heavy atom. The van der Waals surface area contributed by atoms with Gasteiger partial charge in [0.05, 0.1) is 7.11 Å². The molecule has 1 aliphatic rings. The summed E-state index contributed by atoms with van der Waals surface area (Å²) in [6.45, 7) is 1.29. The van der Waals surface area contributed by atoms with E-state index in [4.69, 9.17) is 18.9 Å². The second kappa shape index (κ2) is 7.49. The summed E-state index contributed by atoms with van der Waals surface area (Å²) in [6, 6.07) is 5.14. The van der Waals surface area contributed by atoms with E-state index in [2.05, 4.69) is 10.3 Å². The Kier molecular flexibility index (Phi) is 5.39. The second-order valence-corrected chi connectivity index (χ2v) is 4.26. The van der Waals surface area contributed by atoms with Crippen molar-refractivity contribution in [3.05, 3.63) is 23.8 Å². The van der Waals surface area contributed by atoms with Crippen LogP contribution in [0.4, 0.5) is 0 Å². The van der Waals surface area contributed by atoms with Crippen LogP contribution in [0.3, 0.4) is 0 Å². The maximum Gasteiger partial charge on any atom is 0.291 e. The molecular weight excluding hydrogens is 276 g/mol. The number of nitrogens with zero attached hydrogens (tertiary/aromatic N) is 1. The van der Waals surface area contributed by atoms with Gasteiger partial charge in [-0.1, -0.05) is 0 Å². The molecule has 0 saturated heterocycles. The van der Waals surface area contributed by atoms with Gasteiger partial charge in [-0.05, 0) is 24.6 Å². The predicted molar refractivity (Wildman–Crippen MR) is 75.8 cm³/mol. The number of fused-ring (bicyclic) bond motifs is 1. The lowest BCUT2D eigenvalue weighted by Gasteiger charge is -2.08. The molecule has 0 bridgehead atoms. The number of nitrogens with one attached hydrogen (secondary N) is 1. The van der Waals surface area contributed by atoms with Crippen molar-refractivity contribution in [2.45, 2.75) is 6.42 Å². The standard InChI is InChI=1S/C14H18N2O5/c1-18-7-3-6-15-14(19-2)16-13(17)10-4-5-11-12(8-10)21-9-20-11/h4-5,8H,3,6-7,9H2,1-2H3,(H,15,16,17). The molecule has 0 aromatic heterocycles. The van der Waals surface area contributed by atoms with Gasteiger partial charge in [0.2, 0.25) is 6.79 Å². The lowest BCUT2D eigenvalue weighted by molar-refractivity contribution is 0.0968. The molecule has 1 aromatic carbocycles. The number of amidine groups is 1. The minimum atomic E-state index is -0.319. The van der Waals surface area contributed by atoms with Crippen molar-refractivity contribution in [2.24, 2.45) is 4.99 Å². The number of ether oxygens (including phenoxy) is 4. The fourth-order valence-corrected chi connectivity index (χ4v) is 1.75. The first-order valence-electron chi connectivity index (χ1n) is 6.53. The van der Waals surface area contributed by atoms with E-state index in [0.717, 1.165) is 6.42 Å². The van der Waals surface area contributed by atoms with Crippen LogP contribution in [0.2, 0.25) is 0 Å². The monoisotopic (exact) mass is 294 g/mol. The van der Waals surface area contributed by atoms with Gasteiger partial charge in [-0.3, -0.25) is 10.1 Å². The number of benzene rings is 1. The number of methoxy groups -OCH3 is 2. The fraction of sp³-hybridized carbons (Fsp3) is 0.429. The normalized spacial score (nSPS) is 13.1. The zero-order valence-corrected chi connectivity index (χ0v) is 12.0. The summed E-state index contributed by atoms with van der Waals surface area (Å²) in [5.41, 5.74) is 0.445. The first-order chi connectivity index (χ1) is 10.2. The number of rotatable bonds is 5. The third kappa shape index (κ3) is 4.09. The van der Waals surface area contributed by atoms with Crippen LogP contribution < -0.4 is 14.8 Å². The zero-order valence-electron chi connectivity index (χ0n) is 12.0. The third-order valence-electron chi connectivity index (χ3n) is 2.81. The molecule has 1 aliphatic heterocycles. The highest BCUT2D eigenvalue weighted by molar-refractivity contribution is 6.04. The summed E-state index contributed by atoms with van der Waals surface area (Å²) >= 11 is 0. The van der Waals surface area contributed by atoms with Crippen LogP contribution in [0.25, 0.3) is 0 Å². The molecule has 0 spiro atoms. The van der Waals surface area contributed by atoms with Crippen molar-refractivity contribution in [3.63, 3.8) is 0 Å². The average Bonchev–Trinajstić information content (AvgIpc) is 2.97. The van der Waals surface area contributed by atoms with E-state index in [0.29, 0.717) is 30.2 Å². The number of hydrogen-bond acceptors (Lipinski definition) is 6. The number of carbonyl (C=O) groups is 1. The van der Waals surface area contributed by atoms with Gasteiger partial charge in [0.15, 0.2) is 11.5 Å². The quantitative estimate of drug-likeness (QED) is 0.501. The molecule has 0 unspecified atom stereocenters. The minimum absolute atomic E-state index is 0.171. The summed E-state index contributed by atoms with van der Waals surface area (Å²) in [5.74, 6) is 0.867. The highest BCUT2D eigenvalue weighted by Crippen LogP contribution is 2.32. The van der Waals surface area contributed by atoms with Gasteiger partial charge in [0, 0.05) is 25.8 Å². The highest BCUT2D eigenvalue weighted by atomic mass is 16.7. The van der Waals surface area contributed by atoms with Crippen molar-refractivity contribution in [2.75, 3.05) is 34.2 Å². The predicted octanol–water partition coefficient (Wildman–Crippen LogP) is 1.18. The maximum atomic E-state index is 12.1. The van der Waals surface area contributed by atoms with Gasteiger partial charge < -0.3 is 18.9 Å². The molecule has 0 aliphatic carbocycles. The molecule has 21 heavy (non-hydrogen) atoms. The number of hydrogen-bond donors (Lipinski definition) is 1. The summed E-state index contributed by atoms with van der Waals surface area (Å²) in [5, 5.41) is 2.60. The Labute approximate surface area is 122 Å². The van der Waals surface area contributed by atoms with E-state index in [9.17, 15) is 4.79 Å². The van der Waals surface area contributed by atoms with Crippen molar-refractivity contribution >= 4 is 11.9 Å². The van der Waals surface area contributed by atoms with Gasteiger partial charge in [0.1, 0.15) is 0 Å². The third-order valence-corrected chi connectivity index (χ3v) is 2.81. The molecular formula is C14H18N2O5. The summed E-state index contributed by atoms with van der Waals surface area (Å²) < 4.78 is 20.4. The molecule has 1 heterocycles. The Morgan fingerprint density at radius 3 is 2.90 bits per heavy atom. The zero-order chi connectivity index (χ0) is 15.1. The average molecular weight is 294 g/mol. The van der Waals surface area contributed by atoms with Crippen LogP contribution in [-0.2, 0) is 9.47 Å². The largest absolute Gasteiger partial charge is 0.468 e. The summed E-state index contributed by atoms with van der Waals surface area (Å²) in [6.07, 6.45) is 0.753. The highest BCUT2D eigenvalue weighted by Gasteiger charge is 2.17. The Balaban J connectivity index is 1.96. The van der Waals surface area contributed by atoms with Crippen LogP contribution in [0.1, 0.15) is 16.8 Å². The molecule has 2 rings (SSSR count). The van der Waals surface area contributed by atoms with Crippen LogP contribution in [0.15, 0.2) is 23.2 Å². The molecule has 0 atom stereocenters. The number of carbonyl (C=O) groups excluding carboxylic acids is 1. The van der Waals surface area contributed by atoms with Crippen LogP contribution in [0.5, 0.6) is 11.5 Å². The van der Waals surface area contributed by atoms with Crippen LogP contribution in [-0.4, -0.2) is 46.1 Å². The molecule has 0 saturated carbocycles. The molecule has 0 fully saturated rings. The minimum Gasteiger partial charge on any atom is -0.468 e. The van der Waals surface area contributed by atoms with E-state index >= 15 is 0 Å².